The number of carbonyl (C=O) groups is 5. The fourth-order valence-electron chi connectivity index (χ4n) is 9.67. The Labute approximate surface area is 421 Å². The zero-order chi connectivity index (χ0) is 51.3. The molecule has 2 aromatic heterocycles. The molecule has 0 saturated carbocycles. The number of aromatic hydroxyl groups is 1. The van der Waals surface area contributed by atoms with Gasteiger partial charge in [-0.15, -0.1) is 0 Å². The maximum Gasteiger partial charge on any atom is 0.324 e. The number of rotatable bonds is 13. The fraction of sp³-hybridized carbons (Fsp3) is 0.444. The van der Waals surface area contributed by atoms with Gasteiger partial charge in [-0.25, -0.2) is 10.4 Å². The van der Waals surface area contributed by atoms with Gasteiger partial charge in [0.15, 0.2) is 5.01 Å². The van der Waals surface area contributed by atoms with E-state index < -0.39 is 53.1 Å². The van der Waals surface area contributed by atoms with Crippen LogP contribution in [-0.4, -0.2) is 137 Å². The van der Waals surface area contributed by atoms with Crippen molar-refractivity contribution in [1.29, 1.82) is 0 Å². The standard InChI is InChI=1S/C54H69N9O7S/c1-11-62-44-21-20-35-28-40(44)41(48(62)39-17-13-12-16-36(39)31-60(8)9)29-54(4,5)32-70-53(69)42-18-14-23-63(58-42)51(67)43(26-34-24-37(35)27-38(64)25-34)56-49(66)47(33(2)3)61(10)52(68)50-55-30-46(71-50)57-45(65)19-15-22-59(6)7/h12-13,15-17,19-21,24-25,27-28,30,33,42-43,47,58,64H,11,14,18,22-23,26,29,31-32H2,1-10H3,(H,56,66)(H,57,65)/b19-15+/t42-,43-,47?/m0/s1. The Morgan fingerprint density at radius 2 is 1.77 bits per heavy atom. The first-order chi connectivity index (χ1) is 33.7. The maximum atomic E-state index is 14.8. The van der Waals surface area contributed by atoms with Crippen LogP contribution in [0, 0.1) is 11.3 Å². The molecule has 0 spiro atoms. The Morgan fingerprint density at radius 3 is 2.49 bits per heavy atom. The number of cyclic esters (lactones) is 1. The van der Waals surface area contributed by atoms with Crippen molar-refractivity contribution in [2.24, 2.45) is 11.3 Å². The predicted molar refractivity (Wildman–Crippen MR) is 279 cm³/mol. The Balaban J connectivity index is 1.26. The summed E-state index contributed by atoms with van der Waals surface area (Å²) in [5.41, 5.74) is 10.4. The van der Waals surface area contributed by atoms with Crippen LogP contribution in [0.15, 0.2) is 79.0 Å². The number of phenols is 1. The lowest BCUT2D eigenvalue weighted by molar-refractivity contribution is -0.155. The summed E-state index contributed by atoms with van der Waals surface area (Å²) in [6.45, 7) is 12.4. The number of esters is 1. The number of hydrogen-bond acceptors (Lipinski definition) is 12. The van der Waals surface area contributed by atoms with Crippen molar-refractivity contribution in [2.75, 3.05) is 60.3 Å². The van der Waals surface area contributed by atoms with Crippen molar-refractivity contribution < 1.29 is 33.8 Å². The van der Waals surface area contributed by atoms with Crippen LogP contribution in [0.3, 0.4) is 0 Å². The lowest BCUT2D eigenvalue weighted by Gasteiger charge is -2.36. The zero-order valence-corrected chi connectivity index (χ0v) is 43.5. The SMILES string of the molecule is CCn1c(-c2ccccc2CN(C)C)c2c3cc(ccc31)-c1cc(O)cc(c1)C[C@H](NC(=O)C(C(C)C)N(C)C(=O)c1ncc(NC(=O)/C=C/CN(C)C)s1)C(=O)N1CCC[C@H](N1)C(=O)OCC(C)(C)C2. The third kappa shape index (κ3) is 12.4. The minimum atomic E-state index is -1.19. The van der Waals surface area contributed by atoms with Gasteiger partial charge in [0.05, 0.1) is 18.5 Å². The number of aryl methyl sites for hydroxylation is 1. The molecule has 5 aromatic rings. The van der Waals surface area contributed by atoms with Gasteiger partial charge in [-0.05, 0) is 112 Å². The molecule has 7 rings (SSSR count). The molecule has 0 aliphatic carbocycles. The number of hydrogen-bond donors (Lipinski definition) is 4. The minimum Gasteiger partial charge on any atom is -0.508 e. The average molecular weight is 988 g/mol. The number of nitrogens with one attached hydrogen (secondary N) is 3. The van der Waals surface area contributed by atoms with E-state index in [0.29, 0.717) is 42.9 Å². The highest BCUT2D eigenvalue weighted by Crippen LogP contribution is 2.42. The fourth-order valence-corrected chi connectivity index (χ4v) is 10.5. The second-order valence-corrected chi connectivity index (χ2v) is 21.4. The lowest BCUT2D eigenvalue weighted by atomic mass is 9.84. The van der Waals surface area contributed by atoms with Crippen LogP contribution in [0.2, 0.25) is 0 Å². The number of nitrogens with zero attached hydrogens (tertiary/aromatic N) is 6. The third-order valence-corrected chi connectivity index (χ3v) is 13.8. The number of likely N-dealkylation sites (N-methyl/N-ethyl adjacent to an activating group) is 2. The van der Waals surface area contributed by atoms with Crippen LogP contribution >= 0.6 is 11.3 Å². The van der Waals surface area contributed by atoms with Crippen molar-refractivity contribution in [3.63, 3.8) is 0 Å². The molecular weight excluding hydrogens is 919 g/mol. The number of carbonyl (C=O) groups excluding carboxylic acids is 5. The number of benzene rings is 3. The Morgan fingerprint density at radius 1 is 1.01 bits per heavy atom. The van der Waals surface area contributed by atoms with Crippen LogP contribution in [0.25, 0.3) is 33.3 Å². The highest BCUT2D eigenvalue weighted by Gasteiger charge is 2.38. The van der Waals surface area contributed by atoms with Gasteiger partial charge in [-0.1, -0.05) is 81.5 Å². The molecule has 2 aliphatic heterocycles. The van der Waals surface area contributed by atoms with Crippen LogP contribution in [0.1, 0.15) is 74.0 Å². The van der Waals surface area contributed by atoms with E-state index >= 15 is 0 Å². The smallest absolute Gasteiger partial charge is 0.324 e. The number of ether oxygens (including phenoxy) is 1. The molecule has 4 heterocycles. The second kappa shape index (κ2) is 22.4. The van der Waals surface area contributed by atoms with Crippen molar-refractivity contribution >= 4 is 56.8 Å². The molecule has 6 bridgehead atoms. The Bertz CT molecular complexity index is 2810. The first-order valence-electron chi connectivity index (χ1n) is 24.3. The summed E-state index contributed by atoms with van der Waals surface area (Å²) in [6, 6.07) is 17.0. The van der Waals surface area contributed by atoms with Crippen LogP contribution in [0.4, 0.5) is 5.00 Å². The summed E-state index contributed by atoms with van der Waals surface area (Å²) in [6.07, 6.45) is 6.03. The van der Waals surface area contributed by atoms with Crippen LogP contribution < -0.4 is 16.1 Å². The molecule has 378 valence electrons. The predicted octanol–water partition coefficient (Wildman–Crippen LogP) is 6.72. The van der Waals surface area contributed by atoms with Crippen LogP contribution in [-0.2, 0) is 49.8 Å². The van der Waals surface area contributed by atoms with Gasteiger partial charge in [0.25, 0.3) is 11.8 Å². The molecule has 71 heavy (non-hydrogen) atoms. The van der Waals surface area contributed by atoms with Gasteiger partial charge in [-0.3, -0.25) is 29.0 Å². The molecular formula is C54H69N9O7S. The number of thiazole rings is 1. The number of amides is 4. The van der Waals surface area contributed by atoms with Crippen molar-refractivity contribution in [2.45, 2.75) is 91.5 Å². The van der Waals surface area contributed by atoms with E-state index in [4.69, 9.17) is 4.74 Å². The summed E-state index contributed by atoms with van der Waals surface area (Å²) >= 11 is 0.990. The van der Waals surface area contributed by atoms with E-state index in [-0.39, 0.29) is 36.2 Å². The molecule has 1 saturated heterocycles. The molecule has 1 unspecified atom stereocenters. The number of hydrazine groups is 1. The first-order valence-corrected chi connectivity index (χ1v) is 25.2. The van der Waals surface area contributed by atoms with E-state index in [1.807, 2.05) is 31.1 Å². The minimum absolute atomic E-state index is 0.0109. The summed E-state index contributed by atoms with van der Waals surface area (Å²) in [4.78, 5) is 79.5. The summed E-state index contributed by atoms with van der Waals surface area (Å²) in [5.74, 6) is -2.87. The average Bonchev–Trinajstić information content (AvgIpc) is 3.90. The van der Waals surface area contributed by atoms with Gasteiger partial charge in [0.1, 0.15) is 28.9 Å². The molecule has 3 atom stereocenters. The zero-order valence-electron chi connectivity index (χ0n) is 42.7. The number of aromatic nitrogens is 2. The van der Waals surface area contributed by atoms with E-state index in [0.717, 1.165) is 56.7 Å². The van der Waals surface area contributed by atoms with Crippen molar-refractivity contribution in [3.8, 4) is 28.1 Å². The van der Waals surface area contributed by atoms with Gasteiger partial charge < -0.3 is 39.7 Å². The van der Waals surface area contributed by atoms with Crippen molar-refractivity contribution in [1.82, 2.24) is 40.0 Å². The molecule has 4 N–H and O–H groups in total. The highest BCUT2D eigenvalue weighted by atomic mass is 32.1. The molecule has 4 amide bonds. The number of fused-ring (bicyclic) bond motifs is 6. The monoisotopic (exact) mass is 988 g/mol. The Kier molecular flexibility index (Phi) is 16.5. The third-order valence-electron chi connectivity index (χ3n) is 12.9. The lowest BCUT2D eigenvalue weighted by Crippen LogP contribution is -2.62. The molecule has 1 fully saturated rings. The second-order valence-electron chi connectivity index (χ2n) is 20.4. The largest absolute Gasteiger partial charge is 0.508 e. The molecule has 0 radical (unpaired) electrons. The van der Waals surface area contributed by atoms with E-state index in [9.17, 15) is 29.1 Å². The summed E-state index contributed by atoms with van der Waals surface area (Å²) in [7, 11) is 9.41. The maximum absolute atomic E-state index is 14.8. The van der Waals surface area contributed by atoms with E-state index in [1.54, 1.807) is 32.1 Å². The van der Waals surface area contributed by atoms with Crippen molar-refractivity contribution in [3.05, 3.63) is 101 Å². The number of phenolic OH excluding ortho intramolecular Hbond substituents is 1. The summed E-state index contributed by atoms with van der Waals surface area (Å²) < 4.78 is 8.50. The molecule has 16 nitrogen and oxygen atoms in total. The summed E-state index contributed by atoms with van der Waals surface area (Å²) in [5, 5.41) is 19.9. The topological polar surface area (TPSA) is 182 Å². The van der Waals surface area contributed by atoms with Gasteiger partial charge in [-0.2, -0.15) is 0 Å². The van der Waals surface area contributed by atoms with Crippen LogP contribution in [0.5, 0.6) is 5.75 Å². The number of anilines is 1. The molecule has 3 aromatic carbocycles. The first kappa shape index (κ1) is 52.4. The molecule has 17 heteroatoms. The van der Waals surface area contributed by atoms with Gasteiger partial charge in [0, 0.05) is 67.6 Å². The Hall–Kier alpha value is -6.40. The van der Waals surface area contributed by atoms with E-state index in [1.165, 1.54) is 34.8 Å². The van der Waals surface area contributed by atoms with Gasteiger partial charge in [0.2, 0.25) is 11.8 Å². The normalized spacial score (nSPS) is 18.0. The highest BCUT2D eigenvalue weighted by molar-refractivity contribution is 7.17. The quantitative estimate of drug-likeness (QED) is 0.0727. The van der Waals surface area contributed by atoms with E-state index in [2.05, 4.69) is 102 Å². The van der Waals surface area contributed by atoms with Gasteiger partial charge >= 0.3 is 5.97 Å². The molecule has 2 aliphatic rings.